The van der Waals surface area contributed by atoms with Gasteiger partial charge < -0.3 is 0 Å². The van der Waals surface area contributed by atoms with Gasteiger partial charge in [0, 0.05) is 17.6 Å². The normalized spacial score (nSPS) is 28.1. The number of carbonyl (C=O) groups is 2. The number of imide groups is 1. The molecular weight excluding hydrogens is 413 g/mol. The lowest BCUT2D eigenvalue weighted by Crippen LogP contribution is -2.44. The zero-order chi connectivity index (χ0) is 18.7. The molecule has 0 radical (unpaired) electrons. The third-order valence-corrected chi connectivity index (χ3v) is 6.23. The molecule has 3 aliphatic rings. The lowest BCUT2D eigenvalue weighted by Gasteiger charge is -2.29. The fraction of sp³-hybridized carbons (Fsp3) is 0.300. The minimum atomic E-state index is -0.487. The zero-order valence-electron chi connectivity index (χ0n) is 14.4. The smallest absolute Gasteiger partial charge is 0.253 e. The third-order valence-electron chi connectivity index (χ3n) is 5.70. The van der Waals surface area contributed by atoms with Crippen molar-refractivity contribution >= 4 is 33.4 Å². The molecule has 27 heavy (non-hydrogen) atoms. The van der Waals surface area contributed by atoms with Crippen molar-refractivity contribution in [3.05, 3.63) is 64.4 Å². The van der Waals surface area contributed by atoms with E-state index < -0.39 is 17.8 Å². The van der Waals surface area contributed by atoms with E-state index in [0.29, 0.717) is 5.69 Å². The van der Waals surface area contributed by atoms with Gasteiger partial charge in [-0.15, -0.1) is 0 Å². The second-order valence-electron chi connectivity index (χ2n) is 7.14. The molecule has 7 heteroatoms. The van der Waals surface area contributed by atoms with E-state index in [1.165, 1.54) is 29.2 Å². The Hall–Kier alpha value is -2.09. The first kappa shape index (κ1) is 17.0. The highest BCUT2D eigenvalue weighted by molar-refractivity contribution is 9.10. The van der Waals surface area contributed by atoms with Crippen molar-refractivity contribution in [3.8, 4) is 0 Å². The van der Waals surface area contributed by atoms with Crippen molar-refractivity contribution in [1.29, 1.82) is 0 Å². The molecule has 3 fully saturated rings. The highest BCUT2D eigenvalue weighted by Crippen LogP contribution is 2.48. The van der Waals surface area contributed by atoms with Crippen LogP contribution in [0.25, 0.3) is 0 Å². The number of amides is 2. The number of rotatable bonds is 2. The number of benzene rings is 2. The van der Waals surface area contributed by atoms with E-state index >= 15 is 0 Å². The quantitative estimate of drug-likeness (QED) is 0.687. The molecule has 5 rings (SSSR count). The van der Waals surface area contributed by atoms with E-state index in [9.17, 15) is 14.0 Å². The summed E-state index contributed by atoms with van der Waals surface area (Å²) in [6.45, 7) is 1.61. The van der Waals surface area contributed by atoms with Gasteiger partial charge in [0.15, 0.2) is 0 Å². The highest BCUT2D eigenvalue weighted by Gasteiger charge is 2.62. The summed E-state index contributed by atoms with van der Waals surface area (Å²) in [5.41, 5.74) is 1.46. The van der Waals surface area contributed by atoms with Gasteiger partial charge in [-0.1, -0.05) is 28.1 Å². The summed E-state index contributed by atoms with van der Waals surface area (Å²) < 4.78 is 14.3. The Morgan fingerprint density at radius 2 is 1.48 bits per heavy atom. The fourth-order valence-electron chi connectivity index (χ4n) is 4.62. The Morgan fingerprint density at radius 1 is 0.852 bits per heavy atom. The largest absolute Gasteiger partial charge is 0.274 e. The molecule has 3 atom stereocenters. The van der Waals surface area contributed by atoms with E-state index in [4.69, 9.17) is 0 Å². The number of hydrazine groups is 1. The molecule has 0 aliphatic carbocycles. The summed E-state index contributed by atoms with van der Waals surface area (Å²) in [6, 6.07) is 12.8. The van der Waals surface area contributed by atoms with Gasteiger partial charge in [0.25, 0.3) is 5.91 Å². The van der Waals surface area contributed by atoms with Crippen molar-refractivity contribution < 1.29 is 14.0 Å². The predicted molar refractivity (Wildman–Crippen MR) is 101 cm³/mol. The van der Waals surface area contributed by atoms with Crippen LogP contribution in [-0.2, 0) is 9.59 Å². The molecule has 138 valence electrons. The number of anilines is 1. The minimum absolute atomic E-state index is 0.160. The SMILES string of the molecule is O=C1[C@H]2[C@@H](C(=O)N1c1ccc(F)cc1)N1CCCN1[C@H]2c1ccc(Br)cc1. The number of fused-ring (bicyclic) bond motifs is 3. The van der Waals surface area contributed by atoms with Crippen LogP contribution >= 0.6 is 15.9 Å². The van der Waals surface area contributed by atoms with Crippen LogP contribution in [0.5, 0.6) is 0 Å². The van der Waals surface area contributed by atoms with Crippen LogP contribution in [0.3, 0.4) is 0 Å². The van der Waals surface area contributed by atoms with Crippen LogP contribution in [-0.4, -0.2) is 41.0 Å². The van der Waals surface area contributed by atoms with Gasteiger partial charge in [0.05, 0.1) is 17.6 Å². The van der Waals surface area contributed by atoms with Gasteiger partial charge in [-0.25, -0.2) is 19.3 Å². The Morgan fingerprint density at radius 3 is 2.15 bits per heavy atom. The Labute approximate surface area is 164 Å². The van der Waals surface area contributed by atoms with Crippen LogP contribution in [0, 0.1) is 11.7 Å². The second kappa shape index (κ2) is 6.22. The lowest BCUT2D eigenvalue weighted by molar-refractivity contribution is -0.126. The molecule has 0 bridgehead atoms. The second-order valence-corrected chi connectivity index (χ2v) is 8.05. The monoisotopic (exact) mass is 429 g/mol. The molecule has 0 saturated carbocycles. The maximum absolute atomic E-state index is 13.3. The average Bonchev–Trinajstić information content (AvgIpc) is 3.30. The lowest BCUT2D eigenvalue weighted by atomic mass is 9.90. The average molecular weight is 430 g/mol. The first-order chi connectivity index (χ1) is 13.1. The summed E-state index contributed by atoms with van der Waals surface area (Å²) in [5, 5.41) is 4.23. The minimum Gasteiger partial charge on any atom is -0.274 e. The first-order valence-electron chi connectivity index (χ1n) is 8.98. The van der Waals surface area contributed by atoms with Crippen LogP contribution in [0.4, 0.5) is 10.1 Å². The zero-order valence-corrected chi connectivity index (χ0v) is 16.0. The number of nitrogens with zero attached hydrogens (tertiary/aromatic N) is 3. The van der Waals surface area contributed by atoms with E-state index in [0.717, 1.165) is 29.5 Å². The number of hydrogen-bond acceptors (Lipinski definition) is 4. The molecule has 0 spiro atoms. The van der Waals surface area contributed by atoms with E-state index in [2.05, 4.69) is 25.9 Å². The molecule has 3 saturated heterocycles. The third kappa shape index (κ3) is 2.49. The maximum Gasteiger partial charge on any atom is 0.253 e. The van der Waals surface area contributed by atoms with E-state index in [1.807, 2.05) is 24.3 Å². The summed E-state index contributed by atoms with van der Waals surface area (Å²) in [4.78, 5) is 27.7. The predicted octanol–water partition coefficient (Wildman–Crippen LogP) is 3.12. The summed E-state index contributed by atoms with van der Waals surface area (Å²) in [7, 11) is 0. The van der Waals surface area contributed by atoms with Gasteiger partial charge in [-0.05, 0) is 48.4 Å². The first-order valence-corrected chi connectivity index (χ1v) is 9.77. The molecule has 2 aromatic rings. The van der Waals surface area contributed by atoms with Gasteiger partial charge in [-0.2, -0.15) is 0 Å². The van der Waals surface area contributed by atoms with Crippen molar-refractivity contribution in [1.82, 2.24) is 10.0 Å². The van der Waals surface area contributed by atoms with Crippen molar-refractivity contribution in [3.63, 3.8) is 0 Å². The summed E-state index contributed by atoms with van der Waals surface area (Å²) >= 11 is 3.45. The Bertz CT molecular complexity index is 918. The van der Waals surface area contributed by atoms with Crippen LogP contribution < -0.4 is 4.90 Å². The van der Waals surface area contributed by atoms with Gasteiger partial charge >= 0.3 is 0 Å². The molecule has 2 aromatic carbocycles. The molecule has 5 nitrogen and oxygen atoms in total. The molecule has 2 amide bonds. The Balaban J connectivity index is 1.57. The molecule has 0 unspecified atom stereocenters. The topological polar surface area (TPSA) is 43.9 Å². The maximum atomic E-state index is 13.3. The van der Waals surface area contributed by atoms with E-state index in [-0.39, 0.29) is 17.9 Å². The molecule has 0 N–H and O–H groups in total. The van der Waals surface area contributed by atoms with Gasteiger partial charge in [-0.3, -0.25) is 9.59 Å². The fourth-order valence-corrected chi connectivity index (χ4v) is 4.88. The van der Waals surface area contributed by atoms with Crippen LogP contribution in [0.1, 0.15) is 18.0 Å². The van der Waals surface area contributed by atoms with Crippen molar-refractivity contribution in [2.24, 2.45) is 5.92 Å². The molecule has 3 heterocycles. The van der Waals surface area contributed by atoms with Gasteiger partial charge in [0.2, 0.25) is 5.91 Å². The van der Waals surface area contributed by atoms with Crippen molar-refractivity contribution in [2.45, 2.75) is 18.5 Å². The van der Waals surface area contributed by atoms with Crippen LogP contribution in [0.15, 0.2) is 53.0 Å². The van der Waals surface area contributed by atoms with Crippen LogP contribution in [0.2, 0.25) is 0 Å². The van der Waals surface area contributed by atoms with Crippen molar-refractivity contribution in [2.75, 3.05) is 18.0 Å². The van der Waals surface area contributed by atoms with Gasteiger partial charge in [0.1, 0.15) is 11.9 Å². The molecule has 0 aromatic heterocycles. The molecular formula is C20H17BrFN3O2. The summed E-state index contributed by atoms with van der Waals surface area (Å²) in [6.07, 6.45) is 0.967. The molecule has 3 aliphatic heterocycles. The standard InChI is InChI=1S/C20H17BrFN3O2/c21-13-4-2-12(3-5-13)17-16-18(24-11-1-10-23(17)24)20(27)25(19(16)26)15-8-6-14(22)7-9-15/h2-9,16-18H,1,10-11H2/t16-,17+,18+/m1/s1. The van der Waals surface area contributed by atoms with E-state index in [1.54, 1.807) is 0 Å². The number of hydrogen-bond donors (Lipinski definition) is 0. The number of carbonyl (C=O) groups excluding carboxylic acids is 2. The highest BCUT2D eigenvalue weighted by atomic mass is 79.9. The number of halogens is 2. The Kier molecular flexibility index (Phi) is 3.93. The summed E-state index contributed by atoms with van der Waals surface area (Å²) in [5.74, 6) is -1.28.